The monoisotopic (exact) mass is 671 g/mol. The number of aryl methyl sites for hydroxylation is 1. The van der Waals surface area contributed by atoms with Crippen molar-refractivity contribution in [2.45, 2.75) is 64.1 Å². The highest BCUT2D eigenvalue weighted by Crippen LogP contribution is 2.36. The lowest BCUT2D eigenvalue weighted by Gasteiger charge is -2.34. The molecular formula is C30H33Cl4N3O4S. The molecule has 3 rings (SSSR count). The van der Waals surface area contributed by atoms with Crippen LogP contribution in [0, 0.1) is 6.92 Å². The van der Waals surface area contributed by atoms with Crippen molar-refractivity contribution in [3.8, 4) is 0 Å². The lowest BCUT2D eigenvalue weighted by atomic mass is 10.1. The number of halogens is 4. The third-order valence-corrected chi connectivity index (χ3v) is 10.1. The van der Waals surface area contributed by atoms with Gasteiger partial charge in [0.25, 0.3) is 10.0 Å². The average molecular weight is 673 g/mol. The van der Waals surface area contributed by atoms with Crippen molar-refractivity contribution in [1.82, 2.24) is 10.2 Å². The second-order valence-electron chi connectivity index (χ2n) is 9.91. The van der Waals surface area contributed by atoms with Crippen LogP contribution in [-0.2, 0) is 26.2 Å². The average Bonchev–Trinajstić information content (AvgIpc) is 2.95. The lowest BCUT2D eigenvalue weighted by Crippen LogP contribution is -2.53. The van der Waals surface area contributed by atoms with E-state index in [4.69, 9.17) is 46.4 Å². The van der Waals surface area contributed by atoms with E-state index in [0.29, 0.717) is 17.0 Å². The molecule has 2 atom stereocenters. The summed E-state index contributed by atoms with van der Waals surface area (Å²) in [5.41, 5.74) is 1.51. The summed E-state index contributed by atoms with van der Waals surface area (Å²) in [5, 5.41) is 3.65. The van der Waals surface area contributed by atoms with E-state index in [1.165, 1.54) is 29.2 Å². The zero-order valence-electron chi connectivity index (χ0n) is 23.7. The molecule has 0 saturated carbocycles. The number of rotatable bonds is 12. The molecule has 0 aliphatic carbocycles. The Morgan fingerprint density at radius 1 is 0.881 bits per heavy atom. The minimum absolute atomic E-state index is 0.0240. The van der Waals surface area contributed by atoms with E-state index < -0.39 is 28.5 Å². The van der Waals surface area contributed by atoms with E-state index in [-0.39, 0.29) is 50.6 Å². The number of sulfonamides is 1. The summed E-state index contributed by atoms with van der Waals surface area (Å²) in [4.78, 5) is 28.9. The van der Waals surface area contributed by atoms with Gasteiger partial charge in [-0.1, -0.05) is 90.1 Å². The third-order valence-electron chi connectivity index (χ3n) is 6.81. The van der Waals surface area contributed by atoms with Crippen LogP contribution in [0.4, 0.5) is 5.69 Å². The fourth-order valence-corrected chi connectivity index (χ4v) is 6.43. The fraction of sp³-hybridized carbons (Fsp3) is 0.333. The van der Waals surface area contributed by atoms with Gasteiger partial charge in [0.05, 0.1) is 30.7 Å². The summed E-state index contributed by atoms with van der Waals surface area (Å²) in [6, 6.07) is 14.7. The molecular weight excluding hydrogens is 640 g/mol. The standard InChI is InChI=1S/C30H33Cl4N3O4S/c1-5-20(4)35-30(39)26(6-2)36(17-21-12-15-23(31)25(33)16-21)28(38)18-37(27-9-7-8-24(32)29(27)34)42(40,41)22-13-10-19(3)11-14-22/h7-16,20,26H,5-6,17-18H2,1-4H3,(H,35,39)/t20-,26-/m0/s1. The first-order valence-corrected chi connectivity index (χ1v) is 16.3. The molecule has 3 aromatic rings. The van der Waals surface area contributed by atoms with Crippen LogP contribution in [0.25, 0.3) is 0 Å². The van der Waals surface area contributed by atoms with Gasteiger partial charge in [-0.3, -0.25) is 13.9 Å². The molecule has 3 aromatic carbocycles. The van der Waals surface area contributed by atoms with Crippen LogP contribution in [0.3, 0.4) is 0 Å². The van der Waals surface area contributed by atoms with Crippen LogP contribution in [0.5, 0.6) is 0 Å². The van der Waals surface area contributed by atoms with Gasteiger partial charge in [-0.05, 0) is 68.7 Å². The van der Waals surface area contributed by atoms with Gasteiger partial charge in [0, 0.05) is 12.6 Å². The van der Waals surface area contributed by atoms with E-state index in [9.17, 15) is 18.0 Å². The molecule has 0 fully saturated rings. The largest absolute Gasteiger partial charge is 0.352 e. The summed E-state index contributed by atoms with van der Waals surface area (Å²) in [5.74, 6) is -0.979. The van der Waals surface area contributed by atoms with E-state index in [2.05, 4.69) is 5.32 Å². The molecule has 226 valence electrons. The molecule has 12 heteroatoms. The van der Waals surface area contributed by atoms with Gasteiger partial charge in [-0.25, -0.2) is 8.42 Å². The molecule has 0 unspecified atom stereocenters. The van der Waals surface area contributed by atoms with Crippen molar-refractivity contribution < 1.29 is 18.0 Å². The molecule has 7 nitrogen and oxygen atoms in total. The maximum absolute atomic E-state index is 14.2. The number of carbonyl (C=O) groups is 2. The van der Waals surface area contributed by atoms with Crippen molar-refractivity contribution in [3.63, 3.8) is 0 Å². The lowest BCUT2D eigenvalue weighted by molar-refractivity contribution is -0.140. The predicted molar refractivity (Wildman–Crippen MR) is 171 cm³/mol. The number of nitrogens with one attached hydrogen (secondary N) is 1. The molecule has 0 aliphatic rings. The first kappa shape index (κ1) is 34.0. The highest BCUT2D eigenvalue weighted by Gasteiger charge is 2.35. The van der Waals surface area contributed by atoms with Gasteiger partial charge in [-0.2, -0.15) is 0 Å². The predicted octanol–water partition coefficient (Wildman–Crippen LogP) is 7.53. The number of carbonyl (C=O) groups excluding carboxylic acids is 2. The zero-order valence-corrected chi connectivity index (χ0v) is 27.5. The van der Waals surface area contributed by atoms with Gasteiger partial charge < -0.3 is 10.2 Å². The molecule has 2 amide bonds. The topological polar surface area (TPSA) is 86.8 Å². The molecule has 0 spiro atoms. The van der Waals surface area contributed by atoms with Crippen molar-refractivity contribution in [2.75, 3.05) is 10.8 Å². The Labute approximate surface area is 267 Å². The smallest absolute Gasteiger partial charge is 0.264 e. The molecule has 0 saturated heterocycles. The molecule has 0 aromatic heterocycles. The van der Waals surface area contributed by atoms with Gasteiger partial charge in [0.1, 0.15) is 12.6 Å². The molecule has 1 N–H and O–H groups in total. The minimum atomic E-state index is -4.30. The van der Waals surface area contributed by atoms with Gasteiger partial charge in [0.15, 0.2) is 0 Å². The van der Waals surface area contributed by atoms with Gasteiger partial charge in [0.2, 0.25) is 11.8 Å². The van der Waals surface area contributed by atoms with Crippen LogP contribution in [-0.4, -0.2) is 43.8 Å². The Hall–Kier alpha value is -2.49. The number of amides is 2. The Kier molecular flexibility index (Phi) is 12.0. The fourth-order valence-electron chi connectivity index (χ4n) is 4.23. The number of nitrogens with zero attached hydrogens (tertiary/aromatic N) is 2. The van der Waals surface area contributed by atoms with Crippen LogP contribution in [0.2, 0.25) is 20.1 Å². The van der Waals surface area contributed by atoms with Gasteiger partial charge in [-0.15, -0.1) is 0 Å². The normalized spacial score (nSPS) is 12.9. The molecule has 0 bridgehead atoms. The minimum Gasteiger partial charge on any atom is -0.352 e. The van der Waals surface area contributed by atoms with Crippen molar-refractivity contribution in [1.29, 1.82) is 0 Å². The molecule has 0 heterocycles. The number of hydrogen-bond donors (Lipinski definition) is 1. The maximum atomic E-state index is 14.2. The van der Waals surface area contributed by atoms with Crippen molar-refractivity contribution in [3.05, 3.63) is 91.9 Å². The SMILES string of the molecule is CC[C@H](C)NC(=O)[C@H](CC)N(Cc1ccc(Cl)c(Cl)c1)C(=O)CN(c1cccc(Cl)c1Cl)S(=O)(=O)c1ccc(C)cc1. The van der Waals surface area contributed by atoms with E-state index >= 15 is 0 Å². The van der Waals surface area contributed by atoms with Crippen LogP contribution < -0.4 is 9.62 Å². The van der Waals surface area contributed by atoms with E-state index in [0.717, 1.165) is 9.87 Å². The second-order valence-corrected chi connectivity index (χ2v) is 13.4. The zero-order chi connectivity index (χ0) is 31.2. The summed E-state index contributed by atoms with van der Waals surface area (Å²) >= 11 is 25.1. The number of hydrogen-bond acceptors (Lipinski definition) is 4. The molecule has 0 aliphatic heterocycles. The van der Waals surface area contributed by atoms with Gasteiger partial charge >= 0.3 is 0 Å². The van der Waals surface area contributed by atoms with Crippen LogP contribution >= 0.6 is 46.4 Å². The van der Waals surface area contributed by atoms with E-state index in [1.54, 1.807) is 43.3 Å². The second kappa shape index (κ2) is 14.8. The Balaban J connectivity index is 2.12. The number of benzene rings is 3. The van der Waals surface area contributed by atoms with Crippen molar-refractivity contribution in [2.24, 2.45) is 0 Å². The number of anilines is 1. The highest BCUT2D eigenvalue weighted by atomic mass is 35.5. The summed E-state index contributed by atoms with van der Waals surface area (Å²) < 4.78 is 28.9. The Morgan fingerprint density at radius 2 is 1.55 bits per heavy atom. The van der Waals surface area contributed by atoms with E-state index in [1.807, 2.05) is 20.8 Å². The third kappa shape index (κ3) is 8.11. The summed E-state index contributed by atoms with van der Waals surface area (Å²) in [6.07, 6.45) is 0.969. The highest BCUT2D eigenvalue weighted by molar-refractivity contribution is 7.92. The molecule has 0 radical (unpaired) electrons. The summed E-state index contributed by atoms with van der Waals surface area (Å²) in [7, 11) is -4.30. The van der Waals surface area contributed by atoms with Crippen LogP contribution in [0.1, 0.15) is 44.7 Å². The Morgan fingerprint density at radius 3 is 2.14 bits per heavy atom. The Bertz CT molecular complexity index is 1530. The van der Waals surface area contributed by atoms with Crippen molar-refractivity contribution >= 4 is 73.9 Å². The summed E-state index contributed by atoms with van der Waals surface area (Å²) in [6.45, 7) is 6.75. The first-order valence-electron chi connectivity index (χ1n) is 13.4. The molecule has 42 heavy (non-hydrogen) atoms. The quantitative estimate of drug-likeness (QED) is 0.216. The first-order chi connectivity index (χ1) is 19.8. The van der Waals surface area contributed by atoms with Crippen LogP contribution in [0.15, 0.2) is 65.6 Å². The maximum Gasteiger partial charge on any atom is 0.264 e.